The third kappa shape index (κ3) is 14.7. The zero-order chi connectivity index (χ0) is 51.4. The van der Waals surface area contributed by atoms with E-state index in [1.54, 1.807) is 44.3 Å². The number of halogens is 3. The first-order valence-electron chi connectivity index (χ1n) is 20.8. The summed E-state index contributed by atoms with van der Waals surface area (Å²) in [5.74, 6) is -0.878. The SMILES string of the molecule is COc1cc(-c2cc(F)cc(C(C)C)c2CC(=O)Cl)ccn1.[C-]#[N+]c1ccc(S(=O)(=O)NC(=O)Cc2c(-c3ccnc(OC)c3)cc(F)cc2C(C)C)c(C)c1.[C-]#[N+]c1ccc(S(N)(=O)=O)c(C)c1. The van der Waals surface area contributed by atoms with Gasteiger partial charge in [-0.2, -0.15) is 0 Å². The lowest BCUT2D eigenvalue weighted by atomic mass is 9.88. The molecule has 14 nitrogen and oxygen atoms in total. The fourth-order valence-corrected chi connectivity index (χ4v) is 9.31. The van der Waals surface area contributed by atoms with Gasteiger partial charge in [0, 0.05) is 30.9 Å². The van der Waals surface area contributed by atoms with Gasteiger partial charge in [0.05, 0.1) is 43.6 Å². The molecule has 4 aromatic carbocycles. The van der Waals surface area contributed by atoms with Crippen LogP contribution < -0.4 is 19.3 Å². The number of carbonyl (C=O) groups is 2. The summed E-state index contributed by atoms with van der Waals surface area (Å²) in [6.45, 7) is 24.6. The van der Waals surface area contributed by atoms with Crippen molar-refractivity contribution < 1.29 is 44.7 Å². The second-order valence-corrected chi connectivity index (χ2v) is 19.5. The molecular weight excluding hydrogens is 950 g/mol. The van der Waals surface area contributed by atoms with E-state index in [-0.39, 0.29) is 40.3 Å². The van der Waals surface area contributed by atoms with Gasteiger partial charge in [-0.1, -0.05) is 64.1 Å². The number of nitrogens with two attached hydrogens (primary N) is 1. The van der Waals surface area contributed by atoms with Gasteiger partial charge in [0.15, 0.2) is 11.4 Å². The monoisotopic (exact) mass is 998 g/mol. The van der Waals surface area contributed by atoms with Gasteiger partial charge in [-0.3, -0.25) is 9.59 Å². The van der Waals surface area contributed by atoms with Crippen molar-refractivity contribution in [2.24, 2.45) is 5.14 Å². The molecule has 1 amide bonds. The number of amides is 1. The fourth-order valence-electron chi connectivity index (χ4n) is 7.20. The maximum atomic E-state index is 14.5. The predicted molar refractivity (Wildman–Crippen MR) is 260 cm³/mol. The van der Waals surface area contributed by atoms with Crippen molar-refractivity contribution >= 4 is 54.2 Å². The summed E-state index contributed by atoms with van der Waals surface area (Å²) in [5.41, 5.74) is 6.59. The topological polar surface area (TPSA) is 193 Å². The van der Waals surface area contributed by atoms with Gasteiger partial charge in [-0.15, -0.1) is 0 Å². The average molecular weight is 1000 g/mol. The minimum atomic E-state index is -4.17. The number of methoxy groups -OCH3 is 2. The number of aromatic nitrogens is 2. The third-order valence-electron chi connectivity index (χ3n) is 10.3. The zero-order valence-electron chi connectivity index (χ0n) is 38.9. The van der Waals surface area contributed by atoms with E-state index in [4.69, 9.17) is 39.4 Å². The summed E-state index contributed by atoms with van der Waals surface area (Å²) < 4.78 is 88.5. The van der Waals surface area contributed by atoms with Gasteiger partial charge in [-0.25, -0.2) is 55.1 Å². The molecule has 0 saturated heterocycles. The van der Waals surface area contributed by atoms with E-state index >= 15 is 0 Å². The molecule has 6 rings (SSSR count). The van der Waals surface area contributed by atoms with E-state index in [0.29, 0.717) is 62.1 Å². The molecular formula is C50H49ClF2N6O8S2. The number of nitrogens with zero attached hydrogens (tertiary/aromatic N) is 4. The number of hydrogen-bond acceptors (Lipinski definition) is 10. The van der Waals surface area contributed by atoms with E-state index < -0.39 is 37.0 Å². The summed E-state index contributed by atoms with van der Waals surface area (Å²) in [6.07, 6.45) is 2.86. The molecule has 69 heavy (non-hydrogen) atoms. The highest BCUT2D eigenvalue weighted by atomic mass is 35.5. The van der Waals surface area contributed by atoms with Crippen molar-refractivity contribution in [2.45, 2.75) is 76.0 Å². The molecule has 0 spiro atoms. The first kappa shape index (κ1) is 54.5. The van der Waals surface area contributed by atoms with Crippen LogP contribution in [-0.4, -0.2) is 52.2 Å². The fraction of sp³-hybridized carbons (Fsp3) is 0.240. The van der Waals surface area contributed by atoms with Crippen LogP contribution in [0.4, 0.5) is 20.2 Å². The van der Waals surface area contributed by atoms with Crippen LogP contribution in [0.15, 0.2) is 107 Å². The summed E-state index contributed by atoms with van der Waals surface area (Å²) in [6, 6.07) is 20.7. The van der Waals surface area contributed by atoms with E-state index in [2.05, 4.69) is 24.4 Å². The number of carbonyl (C=O) groups excluding carboxylic acids is 2. The Kier molecular flexibility index (Phi) is 18.8. The van der Waals surface area contributed by atoms with Crippen LogP contribution in [0.5, 0.6) is 11.8 Å². The van der Waals surface area contributed by atoms with Gasteiger partial charge in [0.1, 0.15) is 11.6 Å². The zero-order valence-corrected chi connectivity index (χ0v) is 41.3. The highest BCUT2D eigenvalue weighted by molar-refractivity contribution is 7.90. The number of sulfonamides is 2. The van der Waals surface area contributed by atoms with Crippen molar-refractivity contribution in [3.05, 3.63) is 165 Å². The Bertz CT molecular complexity index is 3210. The number of rotatable bonds is 13. The summed E-state index contributed by atoms with van der Waals surface area (Å²) in [5, 5.41) is 4.47. The summed E-state index contributed by atoms with van der Waals surface area (Å²) >= 11 is 5.58. The molecule has 6 aromatic rings. The molecule has 0 bridgehead atoms. The van der Waals surface area contributed by atoms with Crippen molar-refractivity contribution in [1.29, 1.82) is 0 Å². The van der Waals surface area contributed by atoms with Crippen molar-refractivity contribution in [1.82, 2.24) is 14.7 Å². The van der Waals surface area contributed by atoms with Crippen LogP contribution in [0.2, 0.25) is 0 Å². The maximum Gasteiger partial charge on any atom is 0.264 e. The van der Waals surface area contributed by atoms with E-state index in [9.17, 15) is 35.2 Å². The van der Waals surface area contributed by atoms with Gasteiger partial charge in [0.25, 0.3) is 10.0 Å². The molecule has 360 valence electrons. The second kappa shape index (κ2) is 23.8. The van der Waals surface area contributed by atoms with E-state index in [1.807, 2.05) is 27.7 Å². The quantitative estimate of drug-likeness (QED) is 0.0831. The van der Waals surface area contributed by atoms with Crippen molar-refractivity contribution in [2.75, 3.05) is 14.2 Å². The van der Waals surface area contributed by atoms with Gasteiger partial charge >= 0.3 is 0 Å². The van der Waals surface area contributed by atoms with Crippen LogP contribution in [0.25, 0.3) is 31.9 Å². The predicted octanol–water partition coefficient (Wildman–Crippen LogP) is 10.4. The first-order chi connectivity index (χ1) is 32.4. The van der Waals surface area contributed by atoms with Crippen LogP contribution in [0.3, 0.4) is 0 Å². The number of benzene rings is 4. The molecule has 3 N–H and O–H groups in total. The molecule has 0 atom stereocenters. The van der Waals surface area contributed by atoms with E-state index in [1.165, 1.54) is 81.1 Å². The smallest absolute Gasteiger partial charge is 0.264 e. The molecule has 0 aliphatic carbocycles. The number of aryl methyl sites for hydroxylation is 2. The Hall–Kier alpha value is -7.09. The van der Waals surface area contributed by atoms with Crippen molar-refractivity contribution in [3.63, 3.8) is 0 Å². The van der Waals surface area contributed by atoms with Gasteiger partial charge in [0.2, 0.25) is 32.9 Å². The Morgan fingerprint density at radius 2 is 1.10 bits per heavy atom. The minimum Gasteiger partial charge on any atom is -0.481 e. The lowest BCUT2D eigenvalue weighted by Crippen LogP contribution is -2.32. The first-order valence-corrected chi connectivity index (χ1v) is 24.2. The minimum absolute atomic E-state index is 0.0509. The Morgan fingerprint density at radius 3 is 1.46 bits per heavy atom. The molecule has 19 heteroatoms. The standard InChI is InChI=1S/C25H24FN3O4S.C17H17ClFNO2.C8H8N2O2S/c1-15(2)20-12-18(26)13-21(17-8-9-28-25(11-17)33-5)22(20)14-24(30)29-34(31,32)23-7-6-19(27-4)10-16(23)3;1-10(2)13-7-12(19)8-14(15(13)9-16(18)21)11-4-5-20-17(6-11)22-3;1-6-5-7(10-2)3-4-8(6)13(9,11)12/h6-13,15H,14H2,1-3,5H3,(H,29,30);4-8,10H,9H2,1-3H3;3-5H,1H3,(H2,9,11,12). The second-order valence-electron chi connectivity index (χ2n) is 15.9. The molecule has 0 aliphatic rings. The highest BCUT2D eigenvalue weighted by Crippen LogP contribution is 2.35. The van der Waals surface area contributed by atoms with Crippen LogP contribution >= 0.6 is 11.6 Å². The molecule has 0 aliphatic heterocycles. The number of ether oxygens (including phenoxy) is 2. The molecule has 0 unspecified atom stereocenters. The Balaban J connectivity index is 0.000000252. The van der Waals surface area contributed by atoms with Crippen molar-refractivity contribution in [3.8, 4) is 34.0 Å². The lowest BCUT2D eigenvalue weighted by Gasteiger charge is -2.18. The summed E-state index contributed by atoms with van der Waals surface area (Å²) in [7, 11) is -4.86. The van der Waals surface area contributed by atoms with Crippen LogP contribution in [-0.2, 0) is 42.5 Å². The molecule has 0 fully saturated rings. The number of hydrogen-bond donors (Lipinski definition) is 2. The highest BCUT2D eigenvalue weighted by Gasteiger charge is 2.24. The normalized spacial score (nSPS) is 11.0. The van der Waals surface area contributed by atoms with Crippen LogP contribution in [0.1, 0.15) is 72.9 Å². The average Bonchev–Trinajstić information content (AvgIpc) is 3.29. The third-order valence-corrected chi connectivity index (χ3v) is 13.1. The Morgan fingerprint density at radius 1 is 0.681 bits per heavy atom. The molecule has 0 radical (unpaired) electrons. The Labute approximate surface area is 406 Å². The molecule has 0 saturated carbocycles. The number of pyridine rings is 2. The van der Waals surface area contributed by atoms with Gasteiger partial charge < -0.3 is 9.47 Å². The number of primary sulfonamides is 1. The summed E-state index contributed by atoms with van der Waals surface area (Å²) in [4.78, 5) is 38.9. The maximum absolute atomic E-state index is 14.5. The molecule has 2 heterocycles. The largest absolute Gasteiger partial charge is 0.481 e. The lowest BCUT2D eigenvalue weighted by molar-refractivity contribution is -0.118. The van der Waals surface area contributed by atoms with E-state index in [0.717, 1.165) is 16.7 Å². The molecule has 2 aromatic heterocycles. The van der Waals surface area contributed by atoms with Gasteiger partial charge in [-0.05, 0) is 129 Å². The van der Waals surface area contributed by atoms with Crippen LogP contribution in [0, 0.1) is 38.6 Å². The number of nitrogens with one attached hydrogen (secondary N) is 1.